The van der Waals surface area contributed by atoms with E-state index in [1.807, 2.05) is 12.1 Å². The summed E-state index contributed by atoms with van der Waals surface area (Å²) in [4.78, 5) is 25.8. The molecule has 0 saturated heterocycles. The second-order valence-electron chi connectivity index (χ2n) is 7.05. The van der Waals surface area contributed by atoms with Crippen molar-refractivity contribution in [2.75, 3.05) is 5.32 Å². The Balaban J connectivity index is 1.59. The van der Waals surface area contributed by atoms with Gasteiger partial charge in [0.1, 0.15) is 10.8 Å². The Morgan fingerprint density at radius 2 is 1.96 bits per heavy atom. The number of anilines is 1. The lowest BCUT2D eigenvalue weighted by Gasteiger charge is -2.18. The lowest BCUT2D eigenvalue weighted by atomic mass is 9.88. The Morgan fingerprint density at radius 1 is 1.21 bits per heavy atom. The first-order valence-electron chi connectivity index (χ1n) is 9.04. The van der Waals surface area contributed by atoms with Gasteiger partial charge in [-0.15, -0.1) is 11.3 Å². The van der Waals surface area contributed by atoms with E-state index in [1.165, 1.54) is 11.3 Å². The highest BCUT2D eigenvalue weighted by molar-refractivity contribution is 7.17. The summed E-state index contributed by atoms with van der Waals surface area (Å²) in [5.74, 6) is 0.372. The van der Waals surface area contributed by atoms with Gasteiger partial charge in [-0.1, -0.05) is 18.5 Å². The number of rotatable bonds is 4. The molecule has 0 spiro atoms. The van der Waals surface area contributed by atoms with Crippen molar-refractivity contribution in [3.63, 3.8) is 0 Å². The van der Waals surface area contributed by atoms with Gasteiger partial charge in [0.05, 0.1) is 5.56 Å². The Hall–Kier alpha value is -2.57. The molecule has 1 aliphatic rings. The van der Waals surface area contributed by atoms with E-state index in [2.05, 4.69) is 12.2 Å². The largest absolute Gasteiger partial charge is 0.451 e. The van der Waals surface area contributed by atoms with Gasteiger partial charge in [0.2, 0.25) is 0 Å². The fourth-order valence-electron chi connectivity index (χ4n) is 3.49. The molecule has 3 aromatic rings. The molecule has 4 rings (SSSR count). The number of hydrogen-bond acceptors (Lipinski definition) is 4. The number of thiophene rings is 1. The Kier molecular flexibility index (Phi) is 5.00. The van der Waals surface area contributed by atoms with E-state index in [0.29, 0.717) is 27.3 Å². The topological polar surface area (TPSA) is 85.3 Å². The van der Waals surface area contributed by atoms with Crippen LogP contribution >= 0.6 is 22.9 Å². The average Bonchev–Trinajstić information content (AvgIpc) is 3.26. The van der Waals surface area contributed by atoms with E-state index in [1.54, 1.807) is 24.3 Å². The molecular weight excluding hydrogens is 396 g/mol. The molecule has 0 aliphatic heterocycles. The van der Waals surface area contributed by atoms with Crippen molar-refractivity contribution in [1.82, 2.24) is 0 Å². The zero-order valence-corrected chi connectivity index (χ0v) is 16.8. The van der Waals surface area contributed by atoms with Crippen LogP contribution in [-0.4, -0.2) is 11.8 Å². The Morgan fingerprint density at radius 3 is 2.68 bits per heavy atom. The number of carbonyl (C=O) groups excluding carboxylic acids is 2. The van der Waals surface area contributed by atoms with Crippen LogP contribution in [-0.2, 0) is 12.8 Å². The van der Waals surface area contributed by atoms with Gasteiger partial charge in [0.15, 0.2) is 5.76 Å². The molecular formula is C21H19ClN2O3S. The van der Waals surface area contributed by atoms with Crippen LogP contribution in [0.15, 0.2) is 40.8 Å². The monoisotopic (exact) mass is 414 g/mol. The van der Waals surface area contributed by atoms with Crippen molar-refractivity contribution < 1.29 is 14.0 Å². The number of primary amides is 1. The van der Waals surface area contributed by atoms with E-state index in [-0.39, 0.29) is 5.76 Å². The summed E-state index contributed by atoms with van der Waals surface area (Å²) in [6.45, 7) is 2.19. The Bertz CT molecular complexity index is 1050. The van der Waals surface area contributed by atoms with Crippen molar-refractivity contribution in [3.05, 3.63) is 63.2 Å². The van der Waals surface area contributed by atoms with Gasteiger partial charge in [-0.3, -0.25) is 9.59 Å². The molecule has 1 aliphatic carbocycles. The van der Waals surface area contributed by atoms with Crippen LogP contribution in [0.5, 0.6) is 0 Å². The van der Waals surface area contributed by atoms with E-state index in [4.69, 9.17) is 21.8 Å². The second-order valence-corrected chi connectivity index (χ2v) is 8.59. The number of benzene rings is 1. The predicted octanol–water partition coefficient (Wildman–Crippen LogP) is 5.14. The minimum atomic E-state index is -0.511. The first-order valence-corrected chi connectivity index (χ1v) is 10.2. The number of fused-ring (bicyclic) bond motifs is 1. The fraction of sp³-hybridized carbons (Fsp3) is 0.238. The van der Waals surface area contributed by atoms with E-state index < -0.39 is 11.8 Å². The van der Waals surface area contributed by atoms with Crippen molar-refractivity contribution in [2.45, 2.75) is 26.2 Å². The normalized spacial score (nSPS) is 15.9. The standard InChI is InChI=1S/C21H19ClN2O3S/c1-11-2-7-14-17(10-11)28-21(18(14)19(23)25)24-20(26)16-9-8-15(27-16)12-3-5-13(22)6-4-12/h3-6,8-9,11H,2,7,10H2,1H3,(H2,23,25)(H,24,26). The van der Waals surface area contributed by atoms with E-state index in [0.717, 1.165) is 35.3 Å². The maximum absolute atomic E-state index is 12.7. The minimum Gasteiger partial charge on any atom is -0.451 e. The summed E-state index contributed by atoms with van der Waals surface area (Å²) in [5.41, 5.74) is 7.84. The molecule has 5 nitrogen and oxygen atoms in total. The number of carbonyl (C=O) groups is 2. The molecule has 0 fully saturated rings. The molecule has 28 heavy (non-hydrogen) atoms. The molecule has 1 aromatic carbocycles. The number of halogens is 1. The maximum atomic E-state index is 12.7. The molecule has 2 heterocycles. The van der Waals surface area contributed by atoms with E-state index >= 15 is 0 Å². The second kappa shape index (κ2) is 7.45. The smallest absolute Gasteiger partial charge is 0.292 e. The molecule has 3 N–H and O–H groups in total. The van der Waals surface area contributed by atoms with Crippen LogP contribution in [0.3, 0.4) is 0 Å². The molecule has 7 heteroatoms. The third kappa shape index (κ3) is 3.57. The van der Waals surface area contributed by atoms with Gasteiger partial charge in [-0.05, 0) is 67.1 Å². The molecule has 0 bridgehead atoms. The quantitative estimate of drug-likeness (QED) is 0.619. The summed E-state index contributed by atoms with van der Waals surface area (Å²) >= 11 is 7.34. The molecule has 0 radical (unpaired) electrons. The van der Waals surface area contributed by atoms with Gasteiger partial charge in [0, 0.05) is 15.5 Å². The van der Waals surface area contributed by atoms with Gasteiger partial charge in [0.25, 0.3) is 11.8 Å². The minimum absolute atomic E-state index is 0.167. The summed E-state index contributed by atoms with van der Waals surface area (Å²) < 4.78 is 5.70. The van der Waals surface area contributed by atoms with Crippen LogP contribution < -0.4 is 11.1 Å². The molecule has 1 atom stereocenters. The maximum Gasteiger partial charge on any atom is 0.292 e. The van der Waals surface area contributed by atoms with Crippen LogP contribution in [0.25, 0.3) is 11.3 Å². The average molecular weight is 415 g/mol. The molecule has 144 valence electrons. The van der Waals surface area contributed by atoms with Gasteiger partial charge < -0.3 is 15.5 Å². The zero-order valence-electron chi connectivity index (χ0n) is 15.3. The highest BCUT2D eigenvalue weighted by Gasteiger charge is 2.27. The van der Waals surface area contributed by atoms with Gasteiger partial charge in [-0.2, -0.15) is 0 Å². The van der Waals surface area contributed by atoms with Crippen LogP contribution in [0.2, 0.25) is 5.02 Å². The summed E-state index contributed by atoms with van der Waals surface area (Å²) in [7, 11) is 0. The number of hydrogen-bond donors (Lipinski definition) is 2. The summed E-state index contributed by atoms with van der Waals surface area (Å²) in [6, 6.07) is 10.5. The van der Waals surface area contributed by atoms with Crippen LogP contribution in [0, 0.1) is 5.92 Å². The van der Waals surface area contributed by atoms with Crippen molar-refractivity contribution in [2.24, 2.45) is 11.7 Å². The van der Waals surface area contributed by atoms with Gasteiger partial charge in [-0.25, -0.2) is 0 Å². The number of amides is 2. The molecule has 0 saturated carbocycles. The molecule has 2 amide bonds. The molecule has 1 unspecified atom stereocenters. The van der Waals surface area contributed by atoms with E-state index in [9.17, 15) is 9.59 Å². The lowest BCUT2D eigenvalue weighted by Crippen LogP contribution is -2.19. The first kappa shape index (κ1) is 18.8. The van der Waals surface area contributed by atoms with Crippen LogP contribution in [0.4, 0.5) is 5.00 Å². The first-order chi connectivity index (χ1) is 13.4. The van der Waals surface area contributed by atoms with Crippen molar-refractivity contribution in [1.29, 1.82) is 0 Å². The highest BCUT2D eigenvalue weighted by atomic mass is 35.5. The van der Waals surface area contributed by atoms with Crippen molar-refractivity contribution >= 4 is 39.8 Å². The van der Waals surface area contributed by atoms with Crippen molar-refractivity contribution in [3.8, 4) is 11.3 Å². The highest BCUT2D eigenvalue weighted by Crippen LogP contribution is 2.39. The van der Waals surface area contributed by atoms with Crippen LogP contribution in [0.1, 0.15) is 44.7 Å². The predicted molar refractivity (Wildman–Crippen MR) is 111 cm³/mol. The third-order valence-corrected chi connectivity index (χ3v) is 6.37. The third-order valence-electron chi connectivity index (χ3n) is 4.94. The van der Waals surface area contributed by atoms with Gasteiger partial charge >= 0.3 is 0 Å². The fourth-order valence-corrected chi connectivity index (χ4v) is 5.03. The number of nitrogens with one attached hydrogen (secondary N) is 1. The Labute approximate surface area is 171 Å². The number of nitrogens with two attached hydrogens (primary N) is 1. The summed E-state index contributed by atoms with van der Waals surface area (Å²) in [5, 5.41) is 3.95. The zero-order chi connectivity index (χ0) is 19.8. The lowest BCUT2D eigenvalue weighted by molar-refractivity contribution is 0.0998. The molecule has 2 aromatic heterocycles. The summed E-state index contributed by atoms with van der Waals surface area (Å²) in [6.07, 6.45) is 2.72. The number of furan rings is 1. The SMILES string of the molecule is CC1CCc2c(sc(NC(=O)c3ccc(-c4ccc(Cl)cc4)o3)c2C(N)=O)C1.